The van der Waals surface area contributed by atoms with E-state index in [1.807, 2.05) is 30.3 Å². The van der Waals surface area contributed by atoms with Gasteiger partial charge >= 0.3 is 12.2 Å². The highest BCUT2D eigenvalue weighted by molar-refractivity contribution is 6.03. The fourth-order valence-electron chi connectivity index (χ4n) is 3.10. The summed E-state index contributed by atoms with van der Waals surface area (Å²) < 4.78 is 5.22. The average molecular weight is 410 g/mol. The van der Waals surface area contributed by atoms with E-state index >= 15 is 0 Å². The van der Waals surface area contributed by atoms with Crippen molar-refractivity contribution in [3.05, 3.63) is 65.7 Å². The summed E-state index contributed by atoms with van der Waals surface area (Å²) in [6.07, 6.45) is -1.93. The Morgan fingerprint density at radius 2 is 1.97 bits per heavy atom. The molecule has 1 heterocycles. The van der Waals surface area contributed by atoms with Gasteiger partial charge in [-0.3, -0.25) is 15.0 Å². The second-order valence-electron chi connectivity index (χ2n) is 7.07. The van der Waals surface area contributed by atoms with Crippen LogP contribution in [0.3, 0.4) is 0 Å². The van der Waals surface area contributed by atoms with Crippen LogP contribution in [-0.4, -0.2) is 41.1 Å². The lowest BCUT2D eigenvalue weighted by molar-refractivity contribution is -0.129. The van der Waals surface area contributed by atoms with Crippen LogP contribution in [0.1, 0.15) is 24.5 Å². The number of rotatable bonds is 4. The van der Waals surface area contributed by atoms with Crippen LogP contribution < -0.4 is 10.6 Å². The number of amides is 3. The number of nitrogens with zero attached hydrogens (tertiary/aromatic N) is 2. The van der Waals surface area contributed by atoms with Crippen LogP contribution in [0.5, 0.6) is 0 Å². The summed E-state index contributed by atoms with van der Waals surface area (Å²) in [5.41, 5.74) is 1.14. The highest BCUT2D eigenvalue weighted by Crippen LogP contribution is 2.30. The topological polar surface area (TPSA) is 120 Å². The number of aliphatic imine (C=N–C) groups is 1. The summed E-state index contributed by atoms with van der Waals surface area (Å²) >= 11 is 0. The van der Waals surface area contributed by atoms with Crippen LogP contribution in [0, 0.1) is 0 Å². The van der Waals surface area contributed by atoms with Crippen LogP contribution in [-0.2, 0) is 21.7 Å². The maximum atomic E-state index is 12.4. The van der Waals surface area contributed by atoms with Crippen LogP contribution in [0.4, 0.5) is 15.3 Å². The number of hydrogen-bond donors (Lipinski definition) is 3. The number of hydrogen-bond acceptors (Lipinski definition) is 4. The minimum absolute atomic E-state index is 0.0538. The quantitative estimate of drug-likeness (QED) is 0.712. The van der Waals surface area contributed by atoms with Crippen molar-refractivity contribution in [2.45, 2.75) is 25.5 Å². The molecule has 9 heteroatoms. The molecule has 0 aromatic heterocycles. The van der Waals surface area contributed by atoms with E-state index in [1.165, 1.54) is 11.9 Å². The first-order valence-electron chi connectivity index (χ1n) is 9.21. The highest BCUT2D eigenvalue weighted by Gasteiger charge is 2.39. The molecule has 1 aliphatic rings. The zero-order valence-electron chi connectivity index (χ0n) is 16.6. The smallest absolute Gasteiger partial charge is 0.434 e. The molecule has 3 N–H and O–H groups in total. The zero-order chi connectivity index (χ0) is 21.7. The first-order valence-corrected chi connectivity index (χ1v) is 9.21. The molecule has 0 unspecified atom stereocenters. The number of benzene rings is 2. The largest absolute Gasteiger partial charge is 0.463 e. The number of carbonyl (C=O) groups excluding carboxylic acids is 2. The van der Waals surface area contributed by atoms with Crippen LogP contribution in [0.25, 0.3) is 0 Å². The molecule has 0 aliphatic carbocycles. The molecule has 3 amide bonds. The van der Waals surface area contributed by atoms with Gasteiger partial charge in [0.1, 0.15) is 6.61 Å². The van der Waals surface area contributed by atoms with Crippen molar-refractivity contribution in [1.82, 2.24) is 10.2 Å². The molecule has 9 nitrogen and oxygen atoms in total. The molecule has 2 aromatic carbocycles. The van der Waals surface area contributed by atoms with Crippen molar-refractivity contribution >= 4 is 29.7 Å². The van der Waals surface area contributed by atoms with E-state index in [0.717, 1.165) is 5.56 Å². The van der Waals surface area contributed by atoms with Crippen molar-refractivity contribution in [3.63, 3.8) is 0 Å². The van der Waals surface area contributed by atoms with Crippen molar-refractivity contribution in [2.24, 2.45) is 4.99 Å². The first kappa shape index (κ1) is 20.8. The third-order valence-electron chi connectivity index (χ3n) is 4.74. The molecule has 2 aromatic rings. The zero-order valence-corrected chi connectivity index (χ0v) is 16.6. The molecule has 0 spiro atoms. The normalized spacial score (nSPS) is 19.9. The Kier molecular flexibility index (Phi) is 6.01. The summed E-state index contributed by atoms with van der Waals surface area (Å²) in [5, 5.41) is 14.6. The van der Waals surface area contributed by atoms with Gasteiger partial charge in [-0.1, -0.05) is 42.5 Å². The van der Waals surface area contributed by atoms with Crippen LogP contribution >= 0.6 is 0 Å². The molecule has 3 rings (SSSR count). The first-order chi connectivity index (χ1) is 14.3. The third-order valence-corrected chi connectivity index (χ3v) is 4.74. The number of nitrogens with one attached hydrogen (secondary N) is 2. The Balaban J connectivity index is 1.73. The van der Waals surface area contributed by atoms with Gasteiger partial charge in [-0.2, -0.15) is 0 Å². The minimum atomic E-state index is -1.40. The van der Waals surface area contributed by atoms with Gasteiger partial charge in [0.2, 0.25) is 11.9 Å². The van der Waals surface area contributed by atoms with E-state index in [-0.39, 0.29) is 24.9 Å². The number of ether oxygens (including phenoxy) is 1. The Morgan fingerprint density at radius 1 is 1.23 bits per heavy atom. The molecule has 30 heavy (non-hydrogen) atoms. The van der Waals surface area contributed by atoms with Gasteiger partial charge in [-0.25, -0.2) is 9.59 Å². The Hall–Kier alpha value is -3.88. The molecule has 0 bridgehead atoms. The predicted molar refractivity (Wildman–Crippen MR) is 110 cm³/mol. The summed E-state index contributed by atoms with van der Waals surface area (Å²) in [6.45, 7) is 1.91. The second-order valence-corrected chi connectivity index (χ2v) is 7.07. The Bertz CT molecular complexity index is 992. The van der Waals surface area contributed by atoms with E-state index in [9.17, 15) is 14.4 Å². The van der Waals surface area contributed by atoms with Crippen molar-refractivity contribution in [2.75, 3.05) is 12.4 Å². The predicted octanol–water partition coefficient (Wildman–Crippen LogP) is 3.14. The number of carbonyl (C=O) groups is 3. The monoisotopic (exact) mass is 410 g/mol. The molecule has 0 radical (unpaired) electrons. The maximum Gasteiger partial charge on any atom is 0.434 e. The van der Waals surface area contributed by atoms with E-state index < -0.39 is 17.7 Å². The standard InChI is InChI=1S/C21H22N4O5/c1-21(12-17(26)25(2)18(24-21)23-19(27)28)15-9-6-10-16(11-15)22-20(29)30-13-14-7-4-3-5-8-14/h3-11H,12-13H2,1-2H3,(H,22,29)(H,23,24)(H,27,28)/t21-/m0/s1. The lowest BCUT2D eigenvalue weighted by atomic mass is 9.86. The SMILES string of the molecule is CN1C(=O)C[C@@](C)(c2cccc(NC(=O)OCc3ccccc3)c2)N/C1=N\C(=O)O. The lowest BCUT2D eigenvalue weighted by Gasteiger charge is -2.40. The van der Waals surface area contributed by atoms with Crippen molar-refractivity contribution in [1.29, 1.82) is 0 Å². The molecular formula is C21H22N4O5. The summed E-state index contributed by atoms with van der Waals surface area (Å²) in [4.78, 5) is 40.1. The van der Waals surface area contributed by atoms with Gasteiger partial charge in [0.25, 0.3) is 0 Å². The van der Waals surface area contributed by atoms with E-state index in [4.69, 9.17) is 9.84 Å². The van der Waals surface area contributed by atoms with Crippen LogP contribution in [0.2, 0.25) is 0 Å². The van der Waals surface area contributed by atoms with Gasteiger partial charge < -0.3 is 15.2 Å². The van der Waals surface area contributed by atoms with E-state index in [2.05, 4.69) is 15.6 Å². The summed E-state index contributed by atoms with van der Waals surface area (Å²) in [5.74, 6) is -0.334. The van der Waals surface area contributed by atoms with E-state index in [1.54, 1.807) is 31.2 Å². The second kappa shape index (κ2) is 8.64. The molecule has 156 valence electrons. The number of carboxylic acid groups (broad SMARTS) is 1. The molecular weight excluding hydrogens is 388 g/mol. The fraction of sp³-hybridized carbons (Fsp3) is 0.238. The average Bonchev–Trinajstić information content (AvgIpc) is 2.71. The van der Waals surface area contributed by atoms with Crippen LogP contribution in [0.15, 0.2) is 59.6 Å². The molecule has 1 aliphatic heterocycles. The minimum Gasteiger partial charge on any atom is -0.463 e. The molecule has 1 atom stereocenters. The summed E-state index contributed by atoms with van der Waals surface area (Å²) in [6, 6.07) is 16.2. The fourth-order valence-corrected chi connectivity index (χ4v) is 3.10. The molecule has 1 saturated heterocycles. The van der Waals surface area contributed by atoms with Gasteiger partial charge in [-0.05, 0) is 30.2 Å². The van der Waals surface area contributed by atoms with Gasteiger partial charge in [0.05, 0.1) is 12.0 Å². The number of anilines is 1. The Morgan fingerprint density at radius 3 is 2.67 bits per heavy atom. The maximum absolute atomic E-state index is 12.4. The van der Waals surface area contributed by atoms with Gasteiger partial charge in [-0.15, -0.1) is 4.99 Å². The molecule has 1 fully saturated rings. The van der Waals surface area contributed by atoms with Gasteiger partial charge in [0.15, 0.2) is 0 Å². The summed E-state index contributed by atoms with van der Waals surface area (Å²) in [7, 11) is 1.46. The molecule has 0 saturated carbocycles. The third kappa shape index (κ3) is 4.93. The van der Waals surface area contributed by atoms with Crippen molar-refractivity contribution < 1.29 is 24.2 Å². The van der Waals surface area contributed by atoms with E-state index in [0.29, 0.717) is 11.3 Å². The Labute approximate surface area is 173 Å². The number of guanidine groups is 1. The van der Waals surface area contributed by atoms with Crippen molar-refractivity contribution in [3.8, 4) is 0 Å². The highest BCUT2D eigenvalue weighted by atomic mass is 16.5. The van der Waals surface area contributed by atoms with Gasteiger partial charge in [0, 0.05) is 12.7 Å². The lowest BCUT2D eigenvalue weighted by Crippen LogP contribution is -2.58.